The number of thiophene rings is 1. The number of hydrogen-bond donors (Lipinski definition) is 1. The Bertz CT molecular complexity index is 681. The van der Waals surface area contributed by atoms with Gasteiger partial charge < -0.3 is 10.1 Å². The Morgan fingerprint density at radius 1 is 1.55 bits per heavy atom. The number of rotatable bonds is 2. The van der Waals surface area contributed by atoms with E-state index in [0.717, 1.165) is 15.8 Å². The van der Waals surface area contributed by atoms with Gasteiger partial charge in [-0.2, -0.15) is 18.3 Å². The second-order valence-corrected chi connectivity index (χ2v) is 5.83. The first-order chi connectivity index (χ1) is 10.4. The fraction of sp³-hybridized carbons (Fsp3) is 0.385. The van der Waals surface area contributed by atoms with Crippen LogP contribution >= 0.6 is 11.3 Å². The zero-order valence-corrected chi connectivity index (χ0v) is 12.2. The van der Waals surface area contributed by atoms with Crippen LogP contribution in [0, 0.1) is 0 Å². The molecule has 0 aliphatic carbocycles. The molecule has 1 N–H and O–H groups in total. The van der Waals surface area contributed by atoms with Crippen LogP contribution in [0.3, 0.4) is 0 Å². The van der Waals surface area contributed by atoms with Gasteiger partial charge in [-0.05, 0) is 11.4 Å². The van der Waals surface area contributed by atoms with Crippen molar-refractivity contribution in [3.8, 4) is 0 Å². The monoisotopic (exact) mass is 331 g/mol. The Kier molecular flexibility index (Phi) is 3.59. The Balaban J connectivity index is 2.06. The molecule has 22 heavy (non-hydrogen) atoms. The van der Waals surface area contributed by atoms with Crippen molar-refractivity contribution in [3.63, 3.8) is 0 Å². The van der Waals surface area contributed by atoms with Gasteiger partial charge in [-0.15, -0.1) is 11.3 Å². The molecule has 0 aromatic carbocycles. The maximum atomic E-state index is 13.3. The van der Waals surface area contributed by atoms with Crippen molar-refractivity contribution < 1.29 is 22.7 Å². The van der Waals surface area contributed by atoms with E-state index in [2.05, 4.69) is 15.2 Å². The highest BCUT2D eigenvalue weighted by Gasteiger charge is 2.47. The molecule has 0 radical (unpaired) electrons. The molecule has 5 nitrogen and oxygen atoms in total. The van der Waals surface area contributed by atoms with Gasteiger partial charge in [0.15, 0.2) is 6.04 Å². The Morgan fingerprint density at radius 2 is 2.32 bits per heavy atom. The molecule has 0 saturated carbocycles. The molecule has 1 aliphatic rings. The fourth-order valence-electron chi connectivity index (χ4n) is 2.50. The topological polar surface area (TPSA) is 56.1 Å². The molecule has 3 heterocycles. The minimum Gasteiger partial charge on any atom is -0.465 e. The molecule has 0 bridgehead atoms. The van der Waals surface area contributed by atoms with Crippen molar-refractivity contribution in [2.75, 3.05) is 12.4 Å². The highest BCUT2D eigenvalue weighted by Crippen LogP contribution is 2.45. The Labute approximate surface area is 127 Å². The first-order valence-corrected chi connectivity index (χ1v) is 7.32. The average molecular weight is 331 g/mol. The van der Waals surface area contributed by atoms with Crippen molar-refractivity contribution in [1.82, 2.24) is 9.78 Å². The summed E-state index contributed by atoms with van der Waals surface area (Å²) in [6.45, 7) is 0. The minimum atomic E-state index is -4.45. The summed E-state index contributed by atoms with van der Waals surface area (Å²) in [6.07, 6.45) is -3.53. The molecular weight excluding hydrogens is 319 g/mol. The quantitative estimate of drug-likeness (QED) is 0.857. The molecular formula is C13H12F3N3O2S. The normalized spacial score (nSPS) is 21.1. The summed E-state index contributed by atoms with van der Waals surface area (Å²) in [5, 5.41) is 8.50. The van der Waals surface area contributed by atoms with Gasteiger partial charge in [-0.25, -0.2) is 9.48 Å². The SMILES string of the molecule is COC(=O)c1cnn2c1NC(c1cccs1)CC2C(F)(F)F. The number of anilines is 1. The molecule has 2 aromatic rings. The molecule has 118 valence electrons. The lowest BCUT2D eigenvalue weighted by Gasteiger charge is -2.33. The zero-order chi connectivity index (χ0) is 15.9. The summed E-state index contributed by atoms with van der Waals surface area (Å²) in [4.78, 5) is 12.5. The van der Waals surface area contributed by atoms with Gasteiger partial charge in [0, 0.05) is 11.3 Å². The van der Waals surface area contributed by atoms with Crippen LogP contribution in [0.2, 0.25) is 0 Å². The number of carbonyl (C=O) groups excluding carboxylic acids is 1. The van der Waals surface area contributed by atoms with E-state index in [-0.39, 0.29) is 17.8 Å². The number of ether oxygens (including phenoxy) is 1. The van der Waals surface area contributed by atoms with Crippen LogP contribution in [0.4, 0.5) is 19.0 Å². The van der Waals surface area contributed by atoms with Crippen LogP contribution in [0.25, 0.3) is 0 Å². The van der Waals surface area contributed by atoms with Crippen LogP contribution in [-0.4, -0.2) is 29.0 Å². The predicted octanol–water partition coefficient (Wildman–Crippen LogP) is 3.39. The molecule has 9 heteroatoms. The van der Waals surface area contributed by atoms with E-state index < -0.39 is 24.2 Å². The van der Waals surface area contributed by atoms with Crippen molar-refractivity contribution >= 4 is 23.1 Å². The number of nitrogens with zero attached hydrogens (tertiary/aromatic N) is 2. The molecule has 2 unspecified atom stereocenters. The van der Waals surface area contributed by atoms with E-state index in [1.807, 2.05) is 0 Å². The summed E-state index contributed by atoms with van der Waals surface area (Å²) >= 11 is 1.36. The maximum Gasteiger partial charge on any atom is 0.410 e. The molecule has 3 rings (SSSR count). The van der Waals surface area contributed by atoms with Gasteiger partial charge in [0.25, 0.3) is 0 Å². The number of alkyl halides is 3. The van der Waals surface area contributed by atoms with Crippen LogP contribution in [0.1, 0.15) is 33.7 Å². The number of aromatic nitrogens is 2. The van der Waals surface area contributed by atoms with Gasteiger partial charge >= 0.3 is 12.1 Å². The average Bonchev–Trinajstić information content (AvgIpc) is 3.13. The van der Waals surface area contributed by atoms with Crippen LogP contribution < -0.4 is 5.32 Å². The number of hydrogen-bond acceptors (Lipinski definition) is 5. The van der Waals surface area contributed by atoms with Gasteiger partial charge in [0.05, 0.1) is 19.3 Å². The third kappa shape index (κ3) is 2.45. The zero-order valence-electron chi connectivity index (χ0n) is 11.4. The van der Waals surface area contributed by atoms with Crippen molar-refractivity contribution in [1.29, 1.82) is 0 Å². The maximum absolute atomic E-state index is 13.3. The Morgan fingerprint density at radius 3 is 2.91 bits per heavy atom. The molecule has 2 aromatic heterocycles. The number of methoxy groups -OCH3 is 1. The highest BCUT2D eigenvalue weighted by molar-refractivity contribution is 7.10. The molecule has 0 saturated heterocycles. The fourth-order valence-corrected chi connectivity index (χ4v) is 3.29. The minimum absolute atomic E-state index is 0.00185. The summed E-state index contributed by atoms with van der Waals surface area (Å²) in [5.41, 5.74) is -0.00185. The Hall–Kier alpha value is -2.03. The van der Waals surface area contributed by atoms with E-state index in [4.69, 9.17) is 0 Å². The predicted molar refractivity (Wildman–Crippen MR) is 74.0 cm³/mol. The van der Waals surface area contributed by atoms with E-state index in [1.165, 1.54) is 18.4 Å². The lowest BCUT2D eigenvalue weighted by molar-refractivity contribution is -0.173. The number of carbonyl (C=O) groups is 1. The van der Waals surface area contributed by atoms with Crippen LogP contribution in [-0.2, 0) is 4.74 Å². The number of nitrogens with one attached hydrogen (secondary N) is 1. The van der Waals surface area contributed by atoms with Gasteiger partial charge in [0.1, 0.15) is 11.4 Å². The second-order valence-electron chi connectivity index (χ2n) is 4.85. The highest BCUT2D eigenvalue weighted by atomic mass is 32.1. The van der Waals surface area contributed by atoms with Crippen molar-refractivity contribution in [2.24, 2.45) is 0 Å². The number of halogens is 3. The molecule has 0 spiro atoms. The third-order valence-electron chi connectivity index (χ3n) is 3.53. The largest absolute Gasteiger partial charge is 0.465 e. The first-order valence-electron chi connectivity index (χ1n) is 6.44. The van der Waals surface area contributed by atoms with Gasteiger partial charge in [-0.3, -0.25) is 0 Å². The second kappa shape index (κ2) is 5.31. The van der Waals surface area contributed by atoms with Crippen LogP contribution in [0.15, 0.2) is 23.7 Å². The smallest absolute Gasteiger partial charge is 0.410 e. The third-order valence-corrected chi connectivity index (χ3v) is 4.52. The van der Waals surface area contributed by atoms with E-state index in [1.54, 1.807) is 17.5 Å². The van der Waals surface area contributed by atoms with Gasteiger partial charge in [0.2, 0.25) is 0 Å². The first kappa shape index (κ1) is 14.9. The number of fused-ring (bicyclic) bond motifs is 1. The van der Waals surface area contributed by atoms with Gasteiger partial charge in [-0.1, -0.05) is 6.07 Å². The molecule has 1 aliphatic heterocycles. The van der Waals surface area contributed by atoms with Crippen molar-refractivity contribution in [3.05, 3.63) is 34.2 Å². The summed E-state index contributed by atoms with van der Waals surface area (Å²) in [7, 11) is 1.17. The summed E-state index contributed by atoms with van der Waals surface area (Å²) in [6, 6.07) is 1.23. The van der Waals surface area contributed by atoms with E-state index >= 15 is 0 Å². The van der Waals surface area contributed by atoms with Crippen molar-refractivity contribution in [2.45, 2.75) is 24.7 Å². The van der Waals surface area contributed by atoms with E-state index in [9.17, 15) is 18.0 Å². The standard InChI is InChI=1S/C13H12F3N3O2S/c1-21-12(20)7-6-17-19-10(13(14,15)16)5-8(18-11(7)19)9-3-2-4-22-9/h2-4,6,8,10,18H,5H2,1H3. The molecule has 0 amide bonds. The van der Waals surface area contributed by atoms with Crippen LogP contribution in [0.5, 0.6) is 0 Å². The summed E-state index contributed by atoms with van der Waals surface area (Å²) in [5.74, 6) is -0.680. The lowest BCUT2D eigenvalue weighted by atomic mass is 10.0. The summed E-state index contributed by atoms with van der Waals surface area (Å²) < 4.78 is 45.4. The molecule has 0 fully saturated rings. The van der Waals surface area contributed by atoms with E-state index in [0.29, 0.717) is 0 Å². The lowest BCUT2D eigenvalue weighted by Crippen LogP contribution is -2.35. The molecule has 2 atom stereocenters. The number of esters is 1.